The summed E-state index contributed by atoms with van der Waals surface area (Å²) in [5.41, 5.74) is 5.71. The fraction of sp³-hybridized carbons (Fsp3) is 0.538. The van der Waals surface area contributed by atoms with E-state index in [2.05, 4.69) is 4.90 Å². The lowest BCUT2D eigenvalue weighted by molar-refractivity contribution is -0.137. The summed E-state index contributed by atoms with van der Waals surface area (Å²) in [7, 11) is 0. The molecule has 1 aliphatic heterocycles. The Morgan fingerprint density at radius 3 is 2.53 bits per heavy atom. The minimum atomic E-state index is -4.32. The molecule has 0 amide bonds. The predicted octanol–water partition coefficient (Wildman–Crippen LogP) is 2.04. The molecule has 0 aromatic heterocycles. The number of benzene rings is 1. The SMILES string of the molecule is NC[C@H](c1cccc(C(F)(F)F)c1)N1CCOCC1. The second-order valence-electron chi connectivity index (χ2n) is 4.52. The molecule has 2 N–H and O–H groups in total. The van der Waals surface area contributed by atoms with Crippen molar-refractivity contribution in [3.63, 3.8) is 0 Å². The highest BCUT2D eigenvalue weighted by Crippen LogP contribution is 2.31. The van der Waals surface area contributed by atoms with Gasteiger partial charge in [-0.15, -0.1) is 0 Å². The van der Waals surface area contributed by atoms with Gasteiger partial charge in [0.25, 0.3) is 0 Å². The average Bonchev–Trinajstić information content (AvgIpc) is 2.40. The molecule has 1 aliphatic rings. The zero-order chi connectivity index (χ0) is 13.9. The molecule has 0 bridgehead atoms. The summed E-state index contributed by atoms with van der Waals surface area (Å²) in [6.45, 7) is 2.86. The quantitative estimate of drug-likeness (QED) is 0.916. The van der Waals surface area contributed by atoms with E-state index in [0.717, 1.165) is 6.07 Å². The van der Waals surface area contributed by atoms with Gasteiger partial charge in [0.2, 0.25) is 0 Å². The minimum absolute atomic E-state index is 0.189. The molecule has 1 saturated heterocycles. The highest BCUT2D eigenvalue weighted by Gasteiger charge is 2.31. The molecule has 0 saturated carbocycles. The Hall–Kier alpha value is -1.11. The standard InChI is InChI=1S/C13H17F3N2O/c14-13(15,16)11-3-1-2-10(8-11)12(9-17)18-4-6-19-7-5-18/h1-3,8,12H,4-7,9,17H2/t12-/m1/s1. The van der Waals surface area contributed by atoms with Gasteiger partial charge in [-0.1, -0.05) is 12.1 Å². The molecule has 106 valence electrons. The summed E-state index contributed by atoms with van der Waals surface area (Å²) >= 11 is 0. The fourth-order valence-electron chi connectivity index (χ4n) is 2.31. The Morgan fingerprint density at radius 1 is 1.26 bits per heavy atom. The molecule has 0 aliphatic carbocycles. The third-order valence-electron chi connectivity index (χ3n) is 3.31. The summed E-state index contributed by atoms with van der Waals surface area (Å²) in [5, 5.41) is 0. The normalized spacial score (nSPS) is 19.4. The molecule has 6 heteroatoms. The van der Waals surface area contributed by atoms with Gasteiger partial charge in [-0.25, -0.2) is 0 Å². The first-order valence-corrected chi connectivity index (χ1v) is 6.21. The monoisotopic (exact) mass is 274 g/mol. The lowest BCUT2D eigenvalue weighted by atomic mass is 10.0. The van der Waals surface area contributed by atoms with E-state index in [9.17, 15) is 13.2 Å². The van der Waals surface area contributed by atoms with Crippen LogP contribution < -0.4 is 5.73 Å². The molecule has 1 fully saturated rings. The molecule has 2 rings (SSSR count). The maximum Gasteiger partial charge on any atom is 0.416 e. The zero-order valence-electron chi connectivity index (χ0n) is 10.5. The van der Waals surface area contributed by atoms with Crippen LogP contribution in [0.2, 0.25) is 0 Å². The first-order chi connectivity index (χ1) is 9.02. The molecule has 0 unspecified atom stereocenters. The molecule has 1 aromatic rings. The van der Waals surface area contributed by atoms with E-state index >= 15 is 0 Å². The van der Waals surface area contributed by atoms with E-state index in [1.165, 1.54) is 12.1 Å². The first-order valence-electron chi connectivity index (χ1n) is 6.21. The van der Waals surface area contributed by atoms with Crippen molar-refractivity contribution in [2.45, 2.75) is 12.2 Å². The van der Waals surface area contributed by atoms with Gasteiger partial charge < -0.3 is 10.5 Å². The van der Waals surface area contributed by atoms with Gasteiger partial charge in [-0.2, -0.15) is 13.2 Å². The molecule has 1 atom stereocenters. The van der Waals surface area contributed by atoms with E-state index < -0.39 is 11.7 Å². The Morgan fingerprint density at radius 2 is 1.95 bits per heavy atom. The summed E-state index contributed by atoms with van der Waals surface area (Å²) < 4.78 is 43.4. The third-order valence-corrected chi connectivity index (χ3v) is 3.31. The Labute approximate surface area is 110 Å². The fourth-order valence-corrected chi connectivity index (χ4v) is 2.31. The van der Waals surface area contributed by atoms with E-state index in [4.69, 9.17) is 10.5 Å². The van der Waals surface area contributed by atoms with Crippen molar-refractivity contribution in [3.8, 4) is 0 Å². The van der Waals surface area contributed by atoms with Crippen LogP contribution in [0, 0.1) is 0 Å². The van der Waals surface area contributed by atoms with Crippen molar-refractivity contribution in [1.29, 1.82) is 0 Å². The van der Waals surface area contributed by atoms with Gasteiger partial charge in [0.05, 0.1) is 18.8 Å². The topological polar surface area (TPSA) is 38.5 Å². The number of morpholine rings is 1. The highest BCUT2D eigenvalue weighted by atomic mass is 19.4. The smallest absolute Gasteiger partial charge is 0.379 e. The van der Waals surface area contributed by atoms with Crippen LogP contribution >= 0.6 is 0 Å². The molecule has 3 nitrogen and oxygen atoms in total. The van der Waals surface area contributed by atoms with Gasteiger partial charge in [-0.05, 0) is 17.7 Å². The van der Waals surface area contributed by atoms with Crippen molar-refractivity contribution < 1.29 is 17.9 Å². The summed E-state index contributed by atoms with van der Waals surface area (Å²) in [6, 6.07) is 5.21. The summed E-state index contributed by atoms with van der Waals surface area (Å²) in [4.78, 5) is 2.07. The molecule has 1 heterocycles. The molecular formula is C13H17F3N2O. The maximum atomic E-state index is 12.7. The molecular weight excluding hydrogens is 257 g/mol. The van der Waals surface area contributed by atoms with E-state index in [-0.39, 0.29) is 6.04 Å². The Balaban J connectivity index is 2.22. The number of rotatable bonds is 3. The largest absolute Gasteiger partial charge is 0.416 e. The van der Waals surface area contributed by atoms with Crippen LogP contribution in [0.25, 0.3) is 0 Å². The maximum absolute atomic E-state index is 12.7. The molecule has 0 radical (unpaired) electrons. The van der Waals surface area contributed by atoms with Crippen molar-refractivity contribution in [2.75, 3.05) is 32.8 Å². The predicted molar refractivity (Wildman–Crippen MR) is 65.6 cm³/mol. The van der Waals surface area contributed by atoms with Gasteiger partial charge >= 0.3 is 6.18 Å². The first kappa shape index (κ1) is 14.3. The Kier molecular flexibility index (Phi) is 4.44. The summed E-state index contributed by atoms with van der Waals surface area (Å²) in [5.74, 6) is 0. The number of ether oxygens (including phenoxy) is 1. The van der Waals surface area contributed by atoms with Gasteiger partial charge in [0.15, 0.2) is 0 Å². The number of nitrogens with zero attached hydrogens (tertiary/aromatic N) is 1. The van der Waals surface area contributed by atoms with Crippen molar-refractivity contribution in [2.24, 2.45) is 5.73 Å². The second kappa shape index (κ2) is 5.90. The highest BCUT2D eigenvalue weighted by molar-refractivity contribution is 5.28. The number of halogens is 3. The second-order valence-corrected chi connectivity index (χ2v) is 4.52. The summed E-state index contributed by atoms with van der Waals surface area (Å²) in [6.07, 6.45) is -4.32. The van der Waals surface area contributed by atoms with Gasteiger partial charge in [-0.3, -0.25) is 4.90 Å². The average molecular weight is 274 g/mol. The van der Waals surface area contributed by atoms with Crippen LogP contribution in [0.3, 0.4) is 0 Å². The molecule has 1 aromatic carbocycles. The third kappa shape index (κ3) is 3.46. The van der Waals surface area contributed by atoms with Crippen LogP contribution in [-0.4, -0.2) is 37.7 Å². The molecule has 19 heavy (non-hydrogen) atoms. The lowest BCUT2D eigenvalue weighted by Gasteiger charge is -2.34. The molecule has 0 spiro atoms. The Bertz CT molecular complexity index is 417. The van der Waals surface area contributed by atoms with Crippen molar-refractivity contribution >= 4 is 0 Å². The zero-order valence-corrected chi connectivity index (χ0v) is 10.5. The number of hydrogen-bond acceptors (Lipinski definition) is 3. The van der Waals surface area contributed by atoms with Crippen molar-refractivity contribution in [1.82, 2.24) is 4.90 Å². The minimum Gasteiger partial charge on any atom is -0.379 e. The van der Waals surface area contributed by atoms with Crippen molar-refractivity contribution in [3.05, 3.63) is 35.4 Å². The van der Waals surface area contributed by atoms with Gasteiger partial charge in [0.1, 0.15) is 0 Å². The number of hydrogen-bond donors (Lipinski definition) is 1. The number of nitrogens with two attached hydrogens (primary N) is 1. The van der Waals surface area contributed by atoms with E-state index in [1.807, 2.05) is 0 Å². The van der Waals surface area contributed by atoms with E-state index in [0.29, 0.717) is 38.4 Å². The van der Waals surface area contributed by atoms with Crippen LogP contribution in [0.15, 0.2) is 24.3 Å². The van der Waals surface area contributed by atoms with Crippen LogP contribution in [0.4, 0.5) is 13.2 Å². The lowest BCUT2D eigenvalue weighted by Crippen LogP contribution is -2.41. The van der Waals surface area contributed by atoms with Crippen LogP contribution in [-0.2, 0) is 10.9 Å². The van der Waals surface area contributed by atoms with Crippen LogP contribution in [0.1, 0.15) is 17.2 Å². The van der Waals surface area contributed by atoms with Gasteiger partial charge in [0, 0.05) is 25.7 Å². The number of alkyl halides is 3. The van der Waals surface area contributed by atoms with E-state index in [1.54, 1.807) is 6.07 Å². The van der Waals surface area contributed by atoms with Crippen LogP contribution in [0.5, 0.6) is 0 Å².